The van der Waals surface area contributed by atoms with Crippen LogP contribution < -0.4 is 4.90 Å². The Morgan fingerprint density at radius 3 is 2.33 bits per heavy atom. The van der Waals surface area contributed by atoms with Crippen LogP contribution >= 0.6 is 22.9 Å². The van der Waals surface area contributed by atoms with E-state index < -0.39 is 5.97 Å². The van der Waals surface area contributed by atoms with Gasteiger partial charge in [-0.3, -0.25) is 25.5 Å². The van der Waals surface area contributed by atoms with E-state index in [1.165, 1.54) is 4.88 Å². The number of nitrogens with one attached hydrogen (secondary N) is 2. The van der Waals surface area contributed by atoms with Gasteiger partial charge in [0.2, 0.25) is 0 Å². The molecule has 0 unspecified atom stereocenters. The number of thiophene rings is 1. The summed E-state index contributed by atoms with van der Waals surface area (Å²) in [5, 5.41) is 25.3. The summed E-state index contributed by atoms with van der Waals surface area (Å²) < 4.78 is 0. The molecule has 27 heavy (non-hydrogen) atoms. The topological polar surface area (TPSA) is 101 Å². The molecule has 0 aliphatic carbocycles. The van der Waals surface area contributed by atoms with Crippen LogP contribution in [-0.4, -0.2) is 35.0 Å². The van der Waals surface area contributed by atoms with Gasteiger partial charge in [-0.05, 0) is 38.5 Å². The Morgan fingerprint density at radius 2 is 1.81 bits per heavy atom. The molecular weight excluding hydrogens is 384 g/mol. The normalized spacial score (nSPS) is 13.1. The average Bonchev–Trinajstić information content (AvgIpc) is 2.75. The minimum atomic E-state index is -0.833. The molecule has 1 aromatic carbocycles. The molecule has 0 amide bonds. The minimum Gasteiger partial charge on any atom is -0.481 e. The lowest BCUT2D eigenvalue weighted by Gasteiger charge is -2.21. The maximum absolute atomic E-state index is 9.00. The van der Waals surface area contributed by atoms with Crippen molar-refractivity contribution in [2.24, 2.45) is 4.99 Å². The van der Waals surface area contributed by atoms with Crippen LogP contribution in [0.15, 0.2) is 29.3 Å². The lowest BCUT2D eigenvalue weighted by molar-refractivity contribution is -0.134. The van der Waals surface area contributed by atoms with E-state index in [1.54, 1.807) is 23.2 Å². The predicted molar refractivity (Wildman–Crippen MR) is 113 cm³/mol. The maximum atomic E-state index is 9.00. The number of hydrogen-bond acceptors (Lipinski definition) is 5. The molecule has 0 radical (unpaired) electrons. The molecule has 0 saturated heterocycles. The second kappa shape index (κ2) is 8.45. The number of halogens is 1. The predicted octanol–water partition coefficient (Wildman–Crippen LogP) is 4.74. The van der Waals surface area contributed by atoms with Crippen LogP contribution in [0.1, 0.15) is 35.4 Å². The van der Waals surface area contributed by atoms with Gasteiger partial charge in [-0.25, -0.2) is 0 Å². The van der Waals surface area contributed by atoms with Gasteiger partial charge in [0.25, 0.3) is 5.97 Å². The van der Waals surface area contributed by atoms with E-state index in [2.05, 4.69) is 18.8 Å². The molecule has 2 heterocycles. The Kier molecular flexibility index (Phi) is 6.51. The Labute approximate surface area is 167 Å². The number of hydrogen-bond donors (Lipinski definition) is 3. The lowest BCUT2D eigenvalue weighted by Crippen LogP contribution is -2.35. The molecule has 142 valence electrons. The number of carbonyl (C=O) groups is 1. The Bertz CT molecular complexity index is 928. The van der Waals surface area contributed by atoms with Crippen molar-refractivity contribution in [1.82, 2.24) is 0 Å². The van der Waals surface area contributed by atoms with Crippen molar-refractivity contribution in [2.75, 3.05) is 11.4 Å². The fourth-order valence-electron chi connectivity index (χ4n) is 2.67. The molecule has 3 N–H and O–H groups in total. The third-order valence-corrected chi connectivity index (χ3v) is 5.36. The first-order chi connectivity index (χ1) is 12.6. The van der Waals surface area contributed by atoms with E-state index in [-0.39, 0.29) is 6.54 Å². The van der Waals surface area contributed by atoms with Crippen LogP contribution in [0.5, 0.6) is 0 Å². The van der Waals surface area contributed by atoms with Crippen molar-refractivity contribution in [1.29, 1.82) is 10.8 Å². The molecule has 8 heteroatoms. The van der Waals surface area contributed by atoms with Gasteiger partial charge in [0.1, 0.15) is 16.7 Å². The summed E-state index contributed by atoms with van der Waals surface area (Å²) in [5.41, 5.74) is 4.02. The Morgan fingerprint density at radius 1 is 1.26 bits per heavy atom. The van der Waals surface area contributed by atoms with Crippen LogP contribution in [0.3, 0.4) is 0 Å². The summed E-state index contributed by atoms with van der Waals surface area (Å²) >= 11 is 7.61. The number of benzene rings is 1. The first kappa shape index (κ1) is 20.8. The van der Waals surface area contributed by atoms with E-state index >= 15 is 0 Å². The lowest BCUT2D eigenvalue weighted by atomic mass is 10.00. The van der Waals surface area contributed by atoms with Crippen molar-refractivity contribution < 1.29 is 9.90 Å². The number of fused-ring (bicyclic) bond motifs is 1. The first-order valence-electron chi connectivity index (χ1n) is 8.16. The molecular formula is C19H21ClN4O2S. The highest BCUT2D eigenvalue weighted by Gasteiger charge is 2.28. The number of rotatable bonds is 1. The largest absolute Gasteiger partial charge is 0.481 e. The zero-order valence-electron chi connectivity index (χ0n) is 15.6. The Balaban J connectivity index is 0.000000596. The third kappa shape index (κ3) is 4.61. The van der Waals surface area contributed by atoms with Gasteiger partial charge in [0.05, 0.1) is 12.3 Å². The van der Waals surface area contributed by atoms with Crippen LogP contribution in [0, 0.1) is 24.7 Å². The van der Waals surface area contributed by atoms with Crippen LogP contribution in [0.2, 0.25) is 5.02 Å². The van der Waals surface area contributed by atoms with Crippen molar-refractivity contribution in [3.63, 3.8) is 0 Å². The summed E-state index contributed by atoms with van der Waals surface area (Å²) in [5.74, 6) is -0.172. The van der Waals surface area contributed by atoms with Crippen LogP contribution in [0.4, 0.5) is 5.00 Å². The molecule has 3 rings (SSSR count). The smallest absolute Gasteiger partial charge is 0.300 e. The Hall–Kier alpha value is -2.51. The fourth-order valence-corrected chi connectivity index (χ4v) is 4.03. The molecule has 0 spiro atoms. The summed E-state index contributed by atoms with van der Waals surface area (Å²) in [6.45, 7) is 7.18. The zero-order valence-corrected chi connectivity index (χ0v) is 17.1. The molecule has 1 aliphatic heterocycles. The molecule has 0 atom stereocenters. The van der Waals surface area contributed by atoms with Gasteiger partial charge in [-0.1, -0.05) is 23.7 Å². The number of carboxylic acid groups (broad SMARTS) is 1. The molecule has 0 fully saturated rings. The number of aryl methyl sites for hydroxylation is 1. The van der Waals surface area contributed by atoms with Gasteiger partial charge in [0.15, 0.2) is 0 Å². The fraction of sp³-hybridized carbons (Fsp3) is 0.263. The van der Waals surface area contributed by atoms with Crippen LogP contribution in [0.25, 0.3) is 0 Å². The number of carboxylic acids is 1. The SMILES string of the molecule is CC(=N)N1C(=N)CN=C(c2ccc(Cl)cc2)c2c1sc(C)c2C.CC(=O)O. The zero-order chi connectivity index (χ0) is 20.3. The van der Waals surface area contributed by atoms with Crippen LogP contribution in [-0.2, 0) is 4.79 Å². The number of nitrogens with zero attached hydrogens (tertiary/aromatic N) is 2. The quantitative estimate of drug-likeness (QED) is 0.472. The highest BCUT2D eigenvalue weighted by Crippen LogP contribution is 2.38. The molecule has 0 saturated carbocycles. The first-order valence-corrected chi connectivity index (χ1v) is 9.35. The summed E-state index contributed by atoms with van der Waals surface area (Å²) in [6.07, 6.45) is 0. The standard InChI is InChI=1S/C17H17ClN4S.C2H4O2/c1-9-10(2)23-17-15(9)16(12-4-6-13(18)7-5-12)21-8-14(20)22(17)11(3)19;1-2(3)4/h4-7,19-20H,8H2,1-3H3;1H3,(H,3,4). The molecule has 0 bridgehead atoms. The van der Waals surface area contributed by atoms with Crippen molar-refractivity contribution in [2.45, 2.75) is 27.7 Å². The second-order valence-corrected chi connectivity index (χ2v) is 7.66. The molecule has 1 aliphatic rings. The number of aliphatic carboxylic acids is 1. The van der Waals surface area contributed by atoms with E-state index in [0.717, 1.165) is 34.3 Å². The monoisotopic (exact) mass is 404 g/mol. The number of anilines is 1. The average molecular weight is 405 g/mol. The van der Waals surface area contributed by atoms with Crippen molar-refractivity contribution in [3.8, 4) is 0 Å². The van der Waals surface area contributed by atoms with E-state index in [1.807, 2.05) is 24.3 Å². The third-order valence-electron chi connectivity index (χ3n) is 3.92. The summed E-state index contributed by atoms with van der Waals surface area (Å²) in [7, 11) is 0. The molecule has 1 aromatic heterocycles. The summed E-state index contributed by atoms with van der Waals surface area (Å²) in [6, 6.07) is 7.61. The second-order valence-electron chi connectivity index (χ2n) is 6.02. The minimum absolute atomic E-state index is 0.258. The molecule has 2 aromatic rings. The van der Waals surface area contributed by atoms with E-state index in [9.17, 15) is 0 Å². The maximum Gasteiger partial charge on any atom is 0.300 e. The van der Waals surface area contributed by atoms with Gasteiger partial charge in [-0.15, -0.1) is 11.3 Å². The van der Waals surface area contributed by atoms with E-state index in [4.69, 9.17) is 32.3 Å². The van der Waals surface area contributed by atoms with Gasteiger partial charge in [-0.2, -0.15) is 0 Å². The number of amidine groups is 2. The van der Waals surface area contributed by atoms with Gasteiger partial charge in [0, 0.05) is 28.0 Å². The van der Waals surface area contributed by atoms with E-state index in [0.29, 0.717) is 16.7 Å². The van der Waals surface area contributed by atoms with Crippen molar-refractivity contribution in [3.05, 3.63) is 50.9 Å². The number of aliphatic imine (C=N–C) groups is 1. The van der Waals surface area contributed by atoms with Crippen molar-refractivity contribution >= 4 is 51.3 Å². The van der Waals surface area contributed by atoms with Gasteiger partial charge < -0.3 is 5.11 Å². The summed E-state index contributed by atoms with van der Waals surface area (Å²) in [4.78, 5) is 16.5. The highest BCUT2D eigenvalue weighted by molar-refractivity contribution is 7.17. The van der Waals surface area contributed by atoms with Gasteiger partial charge >= 0.3 is 0 Å². The highest BCUT2D eigenvalue weighted by atomic mass is 35.5. The molecule has 6 nitrogen and oxygen atoms in total.